The predicted octanol–water partition coefficient (Wildman–Crippen LogP) is 5.15. The van der Waals surface area contributed by atoms with E-state index < -0.39 is 17.5 Å². The van der Waals surface area contributed by atoms with Crippen molar-refractivity contribution in [2.24, 2.45) is 0 Å². The van der Waals surface area contributed by atoms with E-state index in [9.17, 15) is 14.0 Å². The molecule has 0 fully saturated rings. The highest BCUT2D eigenvalue weighted by Crippen LogP contribution is 2.43. The maximum atomic E-state index is 14.1. The van der Waals surface area contributed by atoms with Crippen molar-refractivity contribution in [2.75, 3.05) is 39.2 Å². The average molecular weight is 560 g/mol. The second-order valence-electron chi connectivity index (χ2n) is 9.92. The number of H-pyrrole nitrogens is 1. The molecule has 0 saturated carbocycles. The number of halogens is 2. The Balaban J connectivity index is 1.66. The molecule has 39 heavy (non-hydrogen) atoms. The van der Waals surface area contributed by atoms with E-state index in [-0.39, 0.29) is 29.8 Å². The van der Waals surface area contributed by atoms with Crippen molar-refractivity contribution in [3.05, 3.63) is 52.7 Å². The van der Waals surface area contributed by atoms with Crippen molar-refractivity contribution in [1.29, 1.82) is 0 Å². The minimum Gasteiger partial charge on any atom is -0.493 e. The number of hydrogen-bond acceptors (Lipinski definition) is 7. The van der Waals surface area contributed by atoms with Crippen LogP contribution in [-0.2, 0) is 11.2 Å². The summed E-state index contributed by atoms with van der Waals surface area (Å²) in [5.74, 6) is -0.357. The zero-order valence-electron chi connectivity index (χ0n) is 22.4. The number of likely N-dealkylation sites (N-methyl/N-ethyl adjacent to an activating group) is 1. The highest BCUT2D eigenvalue weighted by molar-refractivity contribution is 6.32. The molecule has 10 nitrogen and oxygen atoms in total. The summed E-state index contributed by atoms with van der Waals surface area (Å²) >= 11 is 6.14. The van der Waals surface area contributed by atoms with Crippen LogP contribution in [0.4, 0.5) is 20.6 Å². The minimum atomic E-state index is -0.630. The molecule has 3 N–H and O–H groups in total. The maximum Gasteiger partial charge on any atom is 0.410 e. The van der Waals surface area contributed by atoms with Gasteiger partial charge in [0, 0.05) is 37.5 Å². The number of carbonyl (C=O) groups is 2. The smallest absolute Gasteiger partial charge is 0.410 e. The molecule has 0 unspecified atom stereocenters. The van der Waals surface area contributed by atoms with Crippen molar-refractivity contribution in [2.45, 2.75) is 32.8 Å². The summed E-state index contributed by atoms with van der Waals surface area (Å²) in [4.78, 5) is 34.2. The molecule has 0 saturated heterocycles. The summed E-state index contributed by atoms with van der Waals surface area (Å²) in [5, 5.41) is 5.90. The third-order valence-electron chi connectivity index (χ3n) is 5.92. The van der Waals surface area contributed by atoms with E-state index >= 15 is 0 Å². The summed E-state index contributed by atoms with van der Waals surface area (Å²) in [6.07, 6.45) is 3.29. The van der Waals surface area contributed by atoms with Crippen LogP contribution in [0.2, 0.25) is 5.02 Å². The lowest BCUT2D eigenvalue weighted by Gasteiger charge is -2.24. The summed E-state index contributed by atoms with van der Waals surface area (Å²) in [6.45, 7) is 6.31. The van der Waals surface area contributed by atoms with Crippen molar-refractivity contribution in [1.82, 2.24) is 20.2 Å². The number of fused-ring (bicyclic) bond motifs is 1. The van der Waals surface area contributed by atoms with Gasteiger partial charge in [0.05, 0.1) is 42.5 Å². The molecular formula is C27H31ClFN5O5. The number of pyridine rings is 1. The first-order valence-corrected chi connectivity index (χ1v) is 12.7. The van der Waals surface area contributed by atoms with Gasteiger partial charge in [-0.1, -0.05) is 11.6 Å². The van der Waals surface area contributed by atoms with E-state index in [1.54, 1.807) is 46.3 Å². The molecule has 0 atom stereocenters. The van der Waals surface area contributed by atoms with Gasteiger partial charge >= 0.3 is 6.09 Å². The number of nitrogens with zero attached hydrogens (tertiary/aromatic N) is 2. The number of rotatable bonds is 8. The van der Waals surface area contributed by atoms with Crippen LogP contribution >= 0.6 is 11.6 Å². The lowest BCUT2D eigenvalue weighted by Crippen LogP contribution is -2.36. The van der Waals surface area contributed by atoms with Gasteiger partial charge in [-0.3, -0.25) is 9.78 Å². The average Bonchev–Trinajstić information content (AvgIpc) is 3.25. The van der Waals surface area contributed by atoms with Crippen LogP contribution < -0.4 is 20.1 Å². The zero-order chi connectivity index (χ0) is 28.3. The maximum absolute atomic E-state index is 14.1. The molecule has 0 spiro atoms. The fourth-order valence-electron chi connectivity index (χ4n) is 4.10. The molecule has 2 amide bonds. The van der Waals surface area contributed by atoms with Crippen LogP contribution in [0.3, 0.4) is 0 Å². The van der Waals surface area contributed by atoms with Gasteiger partial charge in [-0.05, 0) is 39.0 Å². The van der Waals surface area contributed by atoms with Gasteiger partial charge in [0.25, 0.3) is 5.91 Å². The summed E-state index contributed by atoms with van der Waals surface area (Å²) < 4.78 is 30.9. The van der Waals surface area contributed by atoms with Crippen molar-refractivity contribution in [3.63, 3.8) is 0 Å². The Morgan fingerprint density at radius 3 is 2.77 bits per heavy atom. The minimum absolute atomic E-state index is 0.102. The highest BCUT2D eigenvalue weighted by Gasteiger charge is 2.29. The normalized spacial score (nSPS) is 12.8. The number of ether oxygens (including phenoxy) is 3. The molecule has 208 valence electrons. The van der Waals surface area contributed by atoms with Crippen LogP contribution in [0, 0.1) is 5.82 Å². The topological polar surface area (TPSA) is 118 Å². The Bertz CT molecular complexity index is 1390. The number of anilines is 2. The van der Waals surface area contributed by atoms with Gasteiger partial charge in [0.15, 0.2) is 5.75 Å². The molecule has 3 heterocycles. The number of carbonyl (C=O) groups excluding carboxylic acids is 2. The molecular weight excluding hydrogens is 529 g/mol. The van der Waals surface area contributed by atoms with Gasteiger partial charge in [0.2, 0.25) is 0 Å². The molecule has 1 aromatic carbocycles. The molecule has 12 heteroatoms. The first kappa shape index (κ1) is 28.0. The summed E-state index contributed by atoms with van der Waals surface area (Å²) in [6, 6.07) is 4.46. The zero-order valence-corrected chi connectivity index (χ0v) is 23.2. The molecule has 0 radical (unpaired) electrons. The predicted molar refractivity (Wildman–Crippen MR) is 146 cm³/mol. The Labute approximate surface area is 230 Å². The van der Waals surface area contributed by atoms with Gasteiger partial charge < -0.3 is 34.7 Å². The lowest BCUT2D eigenvalue weighted by atomic mass is 10.0. The number of aromatic nitrogens is 2. The molecule has 4 rings (SSSR count). The second kappa shape index (κ2) is 11.4. The van der Waals surface area contributed by atoms with Crippen LogP contribution in [0.25, 0.3) is 11.3 Å². The molecule has 0 bridgehead atoms. The third kappa shape index (κ3) is 6.19. The van der Waals surface area contributed by atoms with E-state index in [0.717, 1.165) is 5.69 Å². The van der Waals surface area contributed by atoms with Gasteiger partial charge in [-0.2, -0.15) is 0 Å². The fourth-order valence-corrected chi connectivity index (χ4v) is 4.34. The van der Waals surface area contributed by atoms with E-state index in [1.165, 1.54) is 24.1 Å². The van der Waals surface area contributed by atoms with Crippen LogP contribution in [0.15, 0.2) is 30.6 Å². The van der Waals surface area contributed by atoms with Crippen LogP contribution in [0.1, 0.15) is 36.8 Å². The third-order valence-corrected chi connectivity index (χ3v) is 6.27. The number of benzene rings is 1. The number of hydrogen-bond donors (Lipinski definition) is 3. The molecule has 2 aromatic heterocycles. The molecule has 1 aliphatic rings. The second-order valence-corrected chi connectivity index (χ2v) is 10.3. The Morgan fingerprint density at radius 2 is 2.05 bits per heavy atom. The Hall–Kier alpha value is -3.99. The number of nitrogens with one attached hydrogen (secondary N) is 3. The van der Waals surface area contributed by atoms with Crippen molar-refractivity contribution >= 4 is 35.0 Å². The first-order chi connectivity index (χ1) is 18.5. The number of amides is 2. The van der Waals surface area contributed by atoms with Gasteiger partial charge in [-0.25, -0.2) is 9.18 Å². The van der Waals surface area contributed by atoms with E-state index in [0.29, 0.717) is 46.9 Å². The molecule has 3 aromatic rings. The number of aromatic amines is 1. The quantitative estimate of drug-likeness (QED) is 0.349. The highest BCUT2D eigenvalue weighted by atomic mass is 35.5. The lowest BCUT2D eigenvalue weighted by molar-refractivity contribution is 0.0278. The standard InChI is InChI=1S/C27H31ClFN5O5/c1-27(2,3)39-26(36)34(4)12-13-38-19-14-30-10-8-15(19)22-23(20-17(32-22)9-11-31-25(20)35)33-18-7-6-16(29)21(28)24(18)37-5/h6-8,10,14,32-33H,9,11-13H2,1-5H3,(H,31,35). The Morgan fingerprint density at radius 1 is 1.28 bits per heavy atom. The van der Waals surface area contributed by atoms with Gasteiger partial charge in [0.1, 0.15) is 28.8 Å². The monoisotopic (exact) mass is 559 g/mol. The largest absolute Gasteiger partial charge is 0.493 e. The van der Waals surface area contributed by atoms with Crippen LogP contribution in [-0.4, -0.2) is 66.3 Å². The van der Waals surface area contributed by atoms with Gasteiger partial charge in [-0.15, -0.1) is 0 Å². The van der Waals surface area contributed by atoms with E-state index in [4.69, 9.17) is 25.8 Å². The molecule has 0 aliphatic carbocycles. The van der Waals surface area contributed by atoms with Crippen LogP contribution in [0.5, 0.6) is 11.5 Å². The van der Waals surface area contributed by atoms with E-state index in [1.807, 2.05) is 0 Å². The van der Waals surface area contributed by atoms with Crippen molar-refractivity contribution in [3.8, 4) is 22.8 Å². The number of methoxy groups -OCH3 is 1. The molecule has 1 aliphatic heterocycles. The summed E-state index contributed by atoms with van der Waals surface area (Å²) in [7, 11) is 3.01. The Kier molecular flexibility index (Phi) is 8.19. The van der Waals surface area contributed by atoms with E-state index in [2.05, 4.69) is 20.6 Å². The first-order valence-electron chi connectivity index (χ1n) is 12.3. The van der Waals surface area contributed by atoms with Crippen molar-refractivity contribution < 1.29 is 28.2 Å². The fraction of sp³-hybridized carbons (Fsp3) is 0.370. The summed E-state index contributed by atoms with van der Waals surface area (Å²) in [5.41, 5.74) is 2.56. The SMILES string of the molecule is COc1c(Nc2c(-c3ccncc3OCCN(C)C(=O)OC(C)(C)C)[nH]c3c2C(=O)NCC3)ccc(F)c1Cl.